The van der Waals surface area contributed by atoms with Gasteiger partial charge in [0.05, 0.1) is 17.2 Å². The molecule has 8 heteroatoms. The molecule has 2 N–H and O–H groups in total. The fraction of sp³-hybridized carbons (Fsp3) is 0.789. The minimum Gasteiger partial charge on any atom is -0.373 e. The van der Waals surface area contributed by atoms with Crippen LogP contribution in [-0.4, -0.2) is 67.3 Å². The second-order valence-corrected chi connectivity index (χ2v) is 8.08. The predicted molar refractivity (Wildman–Crippen MR) is 126 cm³/mol. The zero-order valence-corrected chi connectivity index (χ0v) is 20.3. The Morgan fingerprint density at radius 2 is 2.04 bits per heavy atom. The summed E-state index contributed by atoms with van der Waals surface area (Å²) >= 11 is 1.81. The van der Waals surface area contributed by atoms with Gasteiger partial charge in [-0.3, -0.25) is 9.89 Å². The molecule has 0 radical (unpaired) electrons. The van der Waals surface area contributed by atoms with E-state index in [4.69, 9.17) is 9.73 Å². The number of hydrogen-bond donors (Lipinski definition) is 2. The van der Waals surface area contributed by atoms with Crippen molar-refractivity contribution in [3.8, 4) is 0 Å². The normalized spacial score (nSPS) is 21.0. The van der Waals surface area contributed by atoms with Crippen molar-refractivity contribution in [2.75, 3.05) is 39.3 Å². The molecule has 156 valence electrons. The van der Waals surface area contributed by atoms with Crippen molar-refractivity contribution in [1.29, 1.82) is 0 Å². The summed E-state index contributed by atoms with van der Waals surface area (Å²) in [7, 11) is 0. The molecule has 0 spiro atoms. The van der Waals surface area contributed by atoms with E-state index >= 15 is 0 Å². The molecule has 1 aliphatic heterocycles. The number of ether oxygens (including phenoxy) is 1. The molecule has 0 saturated carbocycles. The number of rotatable bonds is 9. The fourth-order valence-electron chi connectivity index (χ4n) is 3.21. The Bertz CT molecular complexity index is 544. The van der Waals surface area contributed by atoms with Gasteiger partial charge < -0.3 is 15.4 Å². The van der Waals surface area contributed by atoms with E-state index in [1.165, 1.54) is 9.88 Å². The van der Waals surface area contributed by atoms with E-state index in [1.54, 1.807) is 0 Å². The third-order valence-electron chi connectivity index (χ3n) is 4.32. The minimum absolute atomic E-state index is 0. The Balaban J connectivity index is 0.00000364. The van der Waals surface area contributed by atoms with E-state index in [-0.39, 0.29) is 24.0 Å². The zero-order valence-electron chi connectivity index (χ0n) is 17.2. The molecule has 1 aromatic rings. The van der Waals surface area contributed by atoms with Crippen LogP contribution in [-0.2, 0) is 17.6 Å². The third-order valence-corrected chi connectivity index (χ3v) is 5.52. The van der Waals surface area contributed by atoms with Crippen LogP contribution in [0.15, 0.2) is 11.2 Å². The lowest BCUT2D eigenvalue weighted by atomic mass is 10.2. The number of guanidine groups is 1. The van der Waals surface area contributed by atoms with Gasteiger partial charge in [-0.15, -0.1) is 35.3 Å². The number of aryl methyl sites for hydroxylation is 1. The first-order valence-corrected chi connectivity index (χ1v) is 10.8. The summed E-state index contributed by atoms with van der Waals surface area (Å²) in [5.41, 5.74) is 0. The number of thiazole rings is 1. The molecule has 1 aromatic heterocycles. The van der Waals surface area contributed by atoms with Gasteiger partial charge in [0, 0.05) is 56.8 Å². The Morgan fingerprint density at radius 3 is 2.67 bits per heavy atom. The highest BCUT2D eigenvalue weighted by Crippen LogP contribution is 2.13. The molecule has 1 fully saturated rings. The number of nitrogens with zero attached hydrogens (tertiary/aromatic N) is 3. The monoisotopic (exact) mass is 509 g/mol. The van der Waals surface area contributed by atoms with Gasteiger partial charge >= 0.3 is 0 Å². The maximum absolute atomic E-state index is 5.79. The van der Waals surface area contributed by atoms with Crippen LogP contribution in [0.25, 0.3) is 0 Å². The minimum atomic E-state index is 0. The lowest BCUT2D eigenvalue weighted by molar-refractivity contribution is -0.0679. The largest absolute Gasteiger partial charge is 0.373 e. The number of halogens is 1. The summed E-state index contributed by atoms with van der Waals surface area (Å²) in [5.74, 6) is 0.906. The summed E-state index contributed by atoms with van der Waals surface area (Å²) < 4.78 is 5.79. The Labute approximate surface area is 185 Å². The van der Waals surface area contributed by atoms with Gasteiger partial charge in [-0.1, -0.05) is 6.92 Å². The van der Waals surface area contributed by atoms with Gasteiger partial charge in [-0.05, 0) is 33.6 Å². The second-order valence-electron chi connectivity index (χ2n) is 6.88. The molecule has 2 atom stereocenters. The summed E-state index contributed by atoms with van der Waals surface area (Å²) in [4.78, 5) is 13.0. The van der Waals surface area contributed by atoms with Crippen molar-refractivity contribution in [3.05, 3.63) is 16.1 Å². The maximum atomic E-state index is 5.79. The lowest BCUT2D eigenvalue weighted by Crippen LogP contribution is -2.45. The number of hydrogen-bond acceptors (Lipinski definition) is 5. The molecule has 1 aliphatic rings. The average molecular weight is 510 g/mol. The zero-order chi connectivity index (χ0) is 18.8. The molecule has 0 amide bonds. The van der Waals surface area contributed by atoms with E-state index < -0.39 is 0 Å². The highest BCUT2D eigenvalue weighted by atomic mass is 127. The highest BCUT2D eigenvalue weighted by molar-refractivity contribution is 14.0. The van der Waals surface area contributed by atoms with Crippen molar-refractivity contribution >= 4 is 41.3 Å². The molecule has 6 nitrogen and oxygen atoms in total. The van der Waals surface area contributed by atoms with Crippen molar-refractivity contribution in [2.24, 2.45) is 4.99 Å². The van der Waals surface area contributed by atoms with Crippen molar-refractivity contribution in [3.63, 3.8) is 0 Å². The maximum Gasteiger partial charge on any atom is 0.191 e. The topological polar surface area (TPSA) is 61.8 Å². The number of nitrogens with one attached hydrogen (secondary N) is 2. The first-order chi connectivity index (χ1) is 12.6. The molecular weight excluding hydrogens is 473 g/mol. The van der Waals surface area contributed by atoms with Gasteiger partial charge in [0.15, 0.2) is 5.96 Å². The van der Waals surface area contributed by atoms with Crippen LogP contribution in [0, 0.1) is 0 Å². The standard InChI is InChI=1S/C19H35N5OS.HI/c1-5-17-12-23-18(26-17)8-10-22-19(20-6-2)21-9-7-11-24-13-15(3)25-16(4)14-24;/h12,15-16H,5-11,13-14H2,1-4H3,(H2,20,21,22);1H. The van der Waals surface area contributed by atoms with Crippen molar-refractivity contribution in [1.82, 2.24) is 20.5 Å². The third kappa shape index (κ3) is 9.54. The van der Waals surface area contributed by atoms with Gasteiger partial charge in [-0.25, -0.2) is 4.98 Å². The molecule has 0 aromatic carbocycles. The van der Waals surface area contributed by atoms with Crippen molar-refractivity contribution < 1.29 is 4.74 Å². The summed E-state index contributed by atoms with van der Waals surface area (Å²) in [5, 5.41) is 7.94. The molecule has 0 bridgehead atoms. The van der Waals surface area contributed by atoms with Crippen LogP contribution in [0.2, 0.25) is 0 Å². The SMILES string of the molecule is CCNC(=NCCCN1CC(C)OC(C)C1)NCCc1ncc(CC)s1.I. The van der Waals surface area contributed by atoms with E-state index in [9.17, 15) is 0 Å². The van der Waals surface area contributed by atoms with Gasteiger partial charge in [-0.2, -0.15) is 0 Å². The van der Waals surface area contributed by atoms with E-state index in [1.807, 2.05) is 17.5 Å². The van der Waals surface area contributed by atoms with Crippen LogP contribution in [0.4, 0.5) is 0 Å². The van der Waals surface area contributed by atoms with Crippen molar-refractivity contribution in [2.45, 2.75) is 59.2 Å². The molecule has 2 unspecified atom stereocenters. The highest BCUT2D eigenvalue weighted by Gasteiger charge is 2.21. The van der Waals surface area contributed by atoms with Gasteiger partial charge in [0.1, 0.15) is 0 Å². The molecule has 27 heavy (non-hydrogen) atoms. The van der Waals surface area contributed by atoms with E-state index in [2.05, 4.69) is 48.2 Å². The van der Waals surface area contributed by atoms with Crippen LogP contribution >= 0.6 is 35.3 Å². The molecule has 2 heterocycles. The fourth-order valence-corrected chi connectivity index (χ4v) is 4.07. The first kappa shape index (κ1) is 24.6. The van der Waals surface area contributed by atoms with Crippen LogP contribution in [0.3, 0.4) is 0 Å². The molecule has 1 saturated heterocycles. The smallest absolute Gasteiger partial charge is 0.191 e. The quantitative estimate of drug-likeness (QED) is 0.232. The second kappa shape index (κ2) is 13.7. The average Bonchev–Trinajstić information content (AvgIpc) is 3.06. The van der Waals surface area contributed by atoms with E-state index in [0.29, 0.717) is 12.2 Å². The van der Waals surface area contributed by atoms with Gasteiger partial charge in [0.25, 0.3) is 0 Å². The lowest BCUT2D eigenvalue weighted by Gasteiger charge is -2.35. The summed E-state index contributed by atoms with van der Waals surface area (Å²) in [6, 6.07) is 0. The molecular formula is C19H36IN5OS. The number of morpholine rings is 1. The molecule has 0 aliphatic carbocycles. The molecule has 2 rings (SSSR count). The van der Waals surface area contributed by atoms with Crippen LogP contribution in [0.5, 0.6) is 0 Å². The Kier molecular flexibility index (Phi) is 12.5. The Hall–Kier alpha value is -0.450. The van der Waals surface area contributed by atoms with Crippen LogP contribution < -0.4 is 10.6 Å². The van der Waals surface area contributed by atoms with E-state index in [0.717, 1.165) is 64.5 Å². The summed E-state index contributed by atoms with van der Waals surface area (Å²) in [6.45, 7) is 14.3. The summed E-state index contributed by atoms with van der Waals surface area (Å²) in [6.07, 6.45) is 5.74. The van der Waals surface area contributed by atoms with Gasteiger partial charge in [0.2, 0.25) is 0 Å². The number of aliphatic imine (C=N–C) groups is 1. The first-order valence-electron chi connectivity index (χ1n) is 9.94. The number of aromatic nitrogens is 1. The Morgan fingerprint density at radius 1 is 1.30 bits per heavy atom. The predicted octanol–water partition coefficient (Wildman–Crippen LogP) is 2.92. The van der Waals surface area contributed by atoms with Crippen LogP contribution in [0.1, 0.15) is 44.0 Å².